The van der Waals surface area contributed by atoms with Crippen LogP contribution in [0.3, 0.4) is 0 Å². The van der Waals surface area contributed by atoms with E-state index in [2.05, 4.69) is 22.3 Å². The molecule has 1 unspecified atom stereocenters. The Hall–Kier alpha value is -2.24. The lowest BCUT2D eigenvalue weighted by Crippen LogP contribution is -2.39. The van der Waals surface area contributed by atoms with Crippen LogP contribution in [0.25, 0.3) is 0 Å². The van der Waals surface area contributed by atoms with Crippen LogP contribution in [0.5, 0.6) is 0 Å². The molecule has 0 saturated carbocycles. The van der Waals surface area contributed by atoms with Crippen molar-refractivity contribution in [3.63, 3.8) is 0 Å². The van der Waals surface area contributed by atoms with Crippen LogP contribution >= 0.6 is 22.9 Å². The summed E-state index contributed by atoms with van der Waals surface area (Å²) in [6.45, 7) is 1.48. The van der Waals surface area contributed by atoms with Crippen LogP contribution in [0, 0.1) is 0 Å². The minimum atomic E-state index is 0.0605. The van der Waals surface area contributed by atoms with Gasteiger partial charge in [0.15, 0.2) is 0 Å². The summed E-state index contributed by atoms with van der Waals surface area (Å²) < 4.78 is 0. The van der Waals surface area contributed by atoms with Crippen molar-refractivity contribution in [2.24, 2.45) is 0 Å². The summed E-state index contributed by atoms with van der Waals surface area (Å²) >= 11 is 7.60. The summed E-state index contributed by atoms with van der Waals surface area (Å²) in [4.78, 5) is 14.7. The molecule has 1 amide bonds. The summed E-state index contributed by atoms with van der Waals surface area (Å²) in [5, 5.41) is 11.5. The monoisotopic (exact) mass is 397 g/mol. The molecule has 0 radical (unpaired) electrons. The molecule has 1 saturated heterocycles. The highest BCUT2D eigenvalue weighted by atomic mass is 35.5. The van der Waals surface area contributed by atoms with Gasteiger partial charge >= 0.3 is 0 Å². The van der Waals surface area contributed by atoms with Crippen molar-refractivity contribution in [2.75, 3.05) is 13.1 Å². The molecule has 4 nitrogen and oxygen atoms in total. The van der Waals surface area contributed by atoms with Crippen LogP contribution in [0.1, 0.15) is 44.7 Å². The number of benzene rings is 2. The molecule has 0 N–H and O–H groups in total. The maximum Gasteiger partial charge on any atom is 0.253 e. The topological polar surface area (TPSA) is 46.1 Å². The first-order chi connectivity index (χ1) is 13.2. The lowest BCUT2D eigenvalue weighted by molar-refractivity contribution is 0.0707. The summed E-state index contributed by atoms with van der Waals surface area (Å²) in [6.07, 6.45) is 2.83. The number of piperidine rings is 1. The number of amides is 1. The standard InChI is InChI=1S/C21H20ClN3OS/c22-18-10-8-16(9-11-18)21(26)25-12-4-7-17(14-25)20-24-23-19(27-20)13-15-5-2-1-3-6-15/h1-3,5-6,8-11,17H,4,7,12-14H2. The Morgan fingerprint density at radius 2 is 1.89 bits per heavy atom. The first-order valence-electron chi connectivity index (χ1n) is 9.10. The van der Waals surface area contributed by atoms with Crippen LogP contribution < -0.4 is 0 Å². The second kappa shape index (κ2) is 8.19. The Labute approximate surface area is 167 Å². The van der Waals surface area contributed by atoms with Crippen LogP contribution in [0.4, 0.5) is 0 Å². The van der Waals surface area contributed by atoms with E-state index in [0.717, 1.165) is 35.8 Å². The molecular weight excluding hydrogens is 378 g/mol. The van der Waals surface area contributed by atoms with E-state index >= 15 is 0 Å². The molecule has 1 aliphatic rings. The van der Waals surface area contributed by atoms with Crippen molar-refractivity contribution in [1.82, 2.24) is 15.1 Å². The minimum Gasteiger partial charge on any atom is -0.338 e. The first kappa shape index (κ1) is 18.1. The highest BCUT2D eigenvalue weighted by Crippen LogP contribution is 2.30. The van der Waals surface area contributed by atoms with Crippen LogP contribution in [0.2, 0.25) is 5.02 Å². The number of halogens is 1. The molecule has 0 aliphatic carbocycles. The molecule has 1 aromatic heterocycles. The fraction of sp³-hybridized carbons (Fsp3) is 0.286. The zero-order valence-electron chi connectivity index (χ0n) is 14.8. The van der Waals surface area contributed by atoms with Gasteiger partial charge in [0.25, 0.3) is 5.91 Å². The third-order valence-corrected chi connectivity index (χ3v) is 6.17. The smallest absolute Gasteiger partial charge is 0.253 e. The Balaban J connectivity index is 1.44. The fourth-order valence-electron chi connectivity index (χ4n) is 3.41. The molecular formula is C21H20ClN3OS. The van der Waals surface area contributed by atoms with Gasteiger partial charge in [-0.1, -0.05) is 41.9 Å². The summed E-state index contributed by atoms with van der Waals surface area (Å²) in [7, 11) is 0. The van der Waals surface area contributed by atoms with E-state index in [4.69, 9.17) is 11.6 Å². The number of carbonyl (C=O) groups is 1. The number of aromatic nitrogens is 2. The Morgan fingerprint density at radius 1 is 1.11 bits per heavy atom. The van der Waals surface area contributed by atoms with E-state index in [1.54, 1.807) is 35.6 Å². The highest BCUT2D eigenvalue weighted by molar-refractivity contribution is 7.11. The summed E-state index contributed by atoms with van der Waals surface area (Å²) in [5.41, 5.74) is 1.92. The second-order valence-electron chi connectivity index (χ2n) is 6.79. The average Bonchev–Trinajstić information content (AvgIpc) is 3.17. The number of carbonyl (C=O) groups excluding carboxylic acids is 1. The van der Waals surface area contributed by atoms with Crippen LogP contribution in [-0.4, -0.2) is 34.1 Å². The largest absolute Gasteiger partial charge is 0.338 e. The Bertz CT molecular complexity index is 911. The van der Waals surface area contributed by atoms with Gasteiger partial charge in [0.2, 0.25) is 0 Å². The molecule has 27 heavy (non-hydrogen) atoms. The zero-order chi connectivity index (χ0) is 18.6. The van der Waals surface area contributed by atoms with E-state index in [0.29, 0.717) is 17.1 Å². The Morgan fingerprint density at radius 3 is 2.67 bits per heavy atom. The number of rotatable bonds is 4. The quantitative estimate of drug-likeness (QED) is 0.635. The third-order valence-electron chi connectivity index (χ3n) is 4.83. The van der Waals surface area contributed by atoms with Crippen molar-refractivity contribution in [2.45, 2.75) is 25.2 Å². The molecule has 2 heterocycles. The van der Waals surface area contributed by atoms with Gasteiger partial charge < -0.3 is 4.90 Å². The highest BCUT2D eigenvalue weighted by Gasteiger charge is 2.27. The van der Waals surface area contributed by atoms with Crippen LogP contribution in [0.15, 0.2) is 54.6 Å². The average molecular weight is 398 g/mol. The Kier molecular flexibility index (Phi) is 5.50. The van der Waals surface area contributed by atoms with E-state index in [1.807, 2.05) is 23.1 Å². The van der Waals surface area contributed by atoms with Gasteiger partial charge in [0.1, 0.15) is 10.0 Å². The zero-order valence-corrected chi connectivity index (χ0v) is 16.4. The number of likely N-dealkylation sites (tertiary alicyclic amines) is 1. The molecule has 1 atom stereocenters. The predicted octanol–water partition coefficient (Wildman–Crippen LogP) is 4.80. The normalized spacial score (nSPS) is 17.1. The molecule has 1 aliphatic heterocycles. The minimum absolute atomic E-state index is 0.0605. The van der Waals surface area contributed by atoms with Gasteiger partial charge in [-0.05, 0) is 42.7 Å². The molecule has 6 heteroatoms. The maximum absolute atomic E-state index is 12.8. The fourth-order valence-corrected chi connectivity index (χ4v) is 4.54. The van der Waals surface area contributed by atoms with E-state index < -0.39 is 0 Å². The van der Waals surface area contributed by atoms with Gasteiger partial charge in [-0.2, -0.15) is 0 Å². The molecule has 0 bridgehead atoms. The van der Waals surface area contributed by atoms with Crippen molar-refractivity contribution >= 4 is 28.8 Å². The first-order valence-corrected chi connectivity index (χ1v) is 10.3. The van der Waals surface area contributed by atoms with Crippen molar-refractivity contribution in [3.05, 3.63) is 80.8 Å². The van der Waals surface area contributed by atoms with Crippen LogP contribution in [-0.2, 0) is 6.42 Å². The molecule has 1 fully saturated rings. The second-order valence-corrected chi connectivity index (χ2v) is 8.32. The molecule has 0 spiro atoms. The number of hydrogen-bond acceptors (Lipinski definition) is 4. The van der Waals surface area contributed by atoms with Gasteiger partial charge in [0.05, 0.1) is 0 Å². The SMILES string of the molecule is O=C(c1ccc(Cl)cc1)N1CCCC(c2nnc(Cc3ccccc3)s2)C1. The van der Waals surface area contributed by atoms with Crippen molar-refractivity contribution in [1.29, 1.82) is 0 Å². The number of nitrogens with zero attached hydrogens (tertiary/aromatic N) is 3. The van der Waals surface area contributed by atoms with E-state index in [9.17, 15) is 4.79 Å². The van der Waals surface area contributed by atoms with Crippen molar-refractivity contribution in [3.8, 4) is 0 Å². The van der Waals surface area contributed by atoms with E-state index in [-0.39, 0.29) is 11.8 Å². The number of hydrogen-bond donors (Lipinski definition) is 0. The van der Waals surface area contributed by atoms with E-state index in [1.165, 1.54) is 5.56 Å². The molecule has 2 aromatic carbocycles. The van der Waals surface area contributed by atoms with Gasteiger partial charge in [-0.15, -0.1) is 21.5 Å². The lowest BCUT2D eigenvalue weighted by atomic mass is 9.98. The predicted molar refractivity (Wildman–Crippen MR) is 108 cm³/mol. The summed E-state index contributed by atoms with van der Waals surface area (Å²) in [6, 6.07) is 17.4. The van der Waals surface area contributed by atoms with Gasteiger partial charge in [-0.25, -0.2) is 0 Å². The van der Waals surface area contributed by atoms with Gasteiger partial charge in [0, 0.05) is 36.0 Å². The molecule has 138 valence electrons. The maximum atomic E-state index is 12.8. The molecule has 3 aromatic rings. The third kappa shape index (κ3) is 4.37. The van der Waals surface area contributed by atoms with Gasteiger partial charge in [-0.3, -0.25) is 4.79 Å². The van der Waals surface area contributed by atoms with Crippen molar-refractivity contribution < 1.29 is 4.79 Å². The summed E-state index contributed by atoms with van der Waals surface area (Å²) in [5.74, 6) is 0.322. The lowest BCUT2D eigenvalue weighted by Gasteiger charge is -2.31. The molecule has 4 rings (SSSR count).